The van der Waals surface area contributed by atoms with Crippen LogP contribution in [0.15, 0.2) is 54.4 Å². The Labute approximate surface area is 110 Å². The molecule has 1 N–H and O–H groups in total. The molecular weight excluding hydrogens is 240 g/mol. The lowest BCUT2D eigenvalue weighted by molar-refractivity contribution is -0.132. The van der Waals surface area contributed by atoms with Crippen LogP contribution in [0.5, 0.6) is 0 Å². The van der Waals surface area contributed by atoms with E-state index in [4.69, 9.17) is 10.4 Å². The van der Waals surface area contributed by atoms with Crippen LogP contribution in [0.1, 0.15) is 5.56 Å². The van der Waals surface area contributed by atoms with Gasteiger partial charge in [-0.05, 0) is 41.0 Å². The number of rotatable bonds is 3. The molecular formula is C15H10N2O2. The molecule has 0 amide bonds. The summed E-state index contributed by atoms with van der Waals surface area (Å²) in [6, 6.07) is 12.7. The van der Waals surface area contributed by atoms with E-state index in [0.29, 0.717) is 5.56 Å². The summed E-state index contributed by atoms with van der Waals surface area (Å²) in [6.07, 6.45) is 4.73. The Hall–Kier alpha value is -2.93. The van der Waals surface area contributed by atoms with E-state index in [-0.39, 0.29) is 5.57 Å². The smallest absolute Gasteiger partial charge is 0.346 e. The van der Waals surface area contributed by atoms with Crippen LogP contribution in [0, 0.1) is 11.3 Å². The molecule has 0 spiro atoms. The summed E-state index contributed by atoms with van der Waals surface area (Å²) >= 11 is 0. The Morgan fingerprint density at radius 1 is 1.21 bits per heavy atom. The van der Waals surface area contributed by atoms with Crippen molar-refractivity contribution in [2.45, 2.75) is 0 Å². The molecule has 4 heteroatoms. The van der Waals surface area contributed by atoms with Crippen LogP contribution < -0.4 is 0 Å². The molecule has 4 nitrogen and oxygen atoms in total. The van der Waals surface area contributed by atoms with E-state index in [0.717, 1.165) is 11.1 Å². The van der Waals surface area contributed by atoms with Crippen molar-refractivity contribution in [3.63, 3.8) is 0 Å². The van der Waals surface area contributed by atoms with Crippen molar-refractivity contribution in [2.75, 3.05) is 0 Å². The van der Waals surface area contributed by atoms with Crippen molar-refractivity contribution >= 4 is 12.0 Å². The van der Waals surface area contributed by atoms with Gasteiger partial charge < -0.3 is 5.11 Å². The van der Waals surface area contributed by atoms with Crippen LogP contribution in [-0.2, 0) is 4.79 Å². The molecule has 0 aliphatic heterocycles. The van der Waals surface area contributed by atoms with Crippen LogP contribution in [0.3, 0.4) is 0 Å². The third kappa shape index (κ3) is 3.05. The molecule has 0 bridgehead atoms. The average Bonchev–Trinajstić information content (AvgIpc) is 2.45. The molecule has 0 saturated heterocycles. The molecule has 2 rings (SSSR count). The van der Waals surface area contributed by atoms with Gasteiger partial charge in [-0.2, -0.15) is 5.26 Å². The minimum absolute atomic E-state index is 0.285. The van der Waals surface area contributed by atoms with Crippen molar-refractivity contribution < 1.29 is 9.90 Å². The van der Waals surface area contributed by atoms with Crippen molar-refractivity contribution in [1.82, 2.24) is 4.98 Å². The minimum Gasteiger partial charge on any atom is -0.477 e. The standard InChI is InChI=1S/C15H10N2O2/c16-10-14(15(18)19)9-11-2-1-3-13(8-11)12-4-6-17-7-5-12/h1-9H,(H,18,19)/b14-9+. The molecule has 0 atom stereocenters. The molecule has 1 aromatic heterocycles. The van der Waals surface area contributed by atoms with E-state index >= 15 is 0 Å². The second-order valence-electron chi connectivity index (χ2n) is 3.84. The largest absolute Gasteiger partial charge is 0.477 e. The number of nitrogens with zero attached hydrogens (tertiary/aromatic N) is 2. The minimum atomic E-state index is -1.23. The molecule has 0 unspecified atom stereocenters. The van der Waals surface area contributed by atoms with Crippen LogP contribution in [0.25, 0.3) is 17.2 Å². The predicted octanol–water partition coefficient (Wildman–Crippen LogP) is 2.74. The Morgan fingerprint density at radius 3 is 2.58 bits per heavy atom. The molecule has 0 aliphatic rings. The summed E-state index contributed by atoms with van der Waals surface area (Å²) < 4.78 is 0. The van der Waals surface area contributed by atoms with Gasteiger partial charge in [-0.1, -0.05) is 18.2 Å². The first kappa shape index (κ1) is 12.5. The normalized spacial score (nSPS) is 10.8. The Morgan fingerprint density at radius 2 is 1.95 bits per heavy atom. The zero-order valence-corrected chi connectivity index (χ0v) is 9.95. The lowest BCUT2D eigenvalue weighted by Crippen LogP contribution is -1.97. The Bertz CT molecular complexity index is 670. The van der Waals surface area contributed by atoms with Crippen LogP contribution >= 0.6 is 0 Å². The number of carboxylic acid groups (broad SMARTS) is 1. The number of pyridine rings is 1. The van der Waals surface area contributed by atoms with Crippen molar-refractivity contribution in [3.05, 3.63) is 59.9 Å². The van der Waals surface area contributed by atoms with E-state index in [1.165, 1.54) is 6.08 Å². The number of carboxylic acids is 1. The van der Waals surface area contributed by atoms with E-state index < -0.39 is 5.97 Å². The first-order valence-corrected chi connectivity index (χ1v) is 5.56. The van der Waals surface area contributed by atoms with Gasteiger partial charge >= 0.3 is 5.97 Å². The van der Waals surface area contributed by atoms with Crippen molar-refractivity contribution in [2.24, 2.45) is 0 Å². The van der Waals surface area contributed by atoms with Crippen LogP contribution in [0.2, 0.25) is 0 Å². The molecule has 2 aromatic rings. The van der Waals surface area contributed by atoms with E-state index in [9.17, 15) is 4.79 Å². The van der Waals surface area contributed by atoms with Gasteiger partial charge in [0.15, 0.2) is 0 Å². The van der Waals surface area contributed by atoms with Crippen molar-refractivity contribution in [3.8, 4) is 17.2 Å². The van der Waals surface area contributed by atoms with E-state index in [2.05, 4.69) is 4.98 Å². The molecule has 0 fully saturated rings. The fourth-order valence-corrected chi connectivity index (χ4v) is 1.66. The molecule has 0 saturated carbocycles. The number of carbonyl (C=O) groups is 1. The Balaban J connectivity index is 2.41. The number of hydrogen-bond acceptors (Lipinski definition) is 3. The number of benzene rings is 1. The zero-order valence-electron chi connectivity index (χ0n) is 9.95. The first-order chi connectivity index (χ1) is 9.20. The third-order valence-corrected chi connectivity index (χ3v) is 2.56. The lowest BCUT2D eigenvalue weighted by Gasteiger charge is -2.02. The van der Waals surface area contributed by atoms with Gasteiger partial charge in [0, 0.05) is 12.4 Å². The second kappa shape index (κ2) is 5.61. The monoisotopic (exact) mass is 250 g/mol. The Kier molecular flexibility index (Phi) is 3.70. The molecule has 92 valence electrons. The highest BCUT2D eigenvalue weighted by molar-refractivity contribution is 5.96. The summed E-state index contributed by atoms with van der Waals surface area (Å²) in [4.78, 5) is 14.7. The molecule has 1 heterocycles. The van der Waals surface area contributed by atoms with Gasteiger partial charge in [-0.3, -0.25) is 4.98 Å². The lowest BCUT2D eigenvalue weighted by atomic mass is 10.0. The van der Waals surface area contributed by atoms with Gasteiger partial charge in [0.25, 0.3) is 0 Å². The highest BCUT2D eigenvalue weighted by Crippen LogP contribution is 2.20. The molecule has 0 radical (unpaired) electrons. The van der Waals surface area contributed by atoms with Gasteiger partial charge in [0.05, 0.1) is 0 Å². The average molecular weight is 250 g/mol. The van der Waals surface area contributed by atoms with Gasteiger partial charge in [-0.15, -0.1) is 0 Å². The topological polar surface area (TPSA) is 74.0 Å². The first-order valence-electron chi connectivity index (χ1n) is 5.56. The molecule has 1 aromatic carbocycles. The fraction of sp³-hybridized carbons (Fsp3) is 0. The van der Waals surface area contributed by atoms with Crippen LogP contribution in [0.4, 0.5) is 0 Å². The van der Waals surface area contributed by atoms with E-state index in [1.807, 2.05) is 30.3 Å². The quantitative estimate of drug-likeness (QED) is 0.671. The van der Waals surface area contributed by atoms with Crippen molar-refractivity contribution in [1.29, 1.82) is 5.26 Å². The fourth-order valence-electron chi connectivity index (χ4n) is 1.66. The maximum Gasteiger partial charge on any atom is 0.346 e. The maximum atomic E-state index is 10.8. The summed E-state index contributed by atoms with van der Waals surface area (Å²) in [7, 11) is 0. The number of aliphatic carboxylic acids is 1. The third-order valence-electron chi connectivity index (χ3n) is 2.56. The molecule has 19 heavy (non-hydrogen) atoms. The van der Waals surface area contributed by atoms with Gasteiger partial charge in [0.2, 0.25) is 0 Å². The van der Waals surface area contributed by atoms with Crippen LogP contribution in [-0.4, -0.2) is 16.1 Å². The van der Waals surface area contributed by atoms with E-state index in [1.54, 1.807) is 24.5 Å². The number of hydrogen-bond donors (Lipinski definition) is 1. The van der Waals surface area contributed by atoms with Gasteiger partial charge in [0.1, 0.15) is 11.6 Å². The number of aromatic nitrogens is 1. The van der Waals surface area contributed by atoms with Gasteiger partial charge in [-0.25, -0.2) is 4.79 Å². The second-order valence-corrected chi connectivity index (χ2v) is 3.84. The summed E-state index contributed by atoms with van der Waals surface area (Å²) in [6.45, 7) is 0. The summed E-state index contributed by atoms with van der Waals surface area (Å²) in [5, 5.41) is 17.6. The summed E-state index contributed by atoms with van der Waals surface area (Å²) in [5.41, 5.74) is 2.32. The highest BCUT2D eigenvalue weighted by atomic mass is 16.4. The highest BCUT2D eigenvalue weighted by Gasteiger charge is 2.06. The summed E-state index contributed by atoms with van der Waals surface area (Å²) in [5.74, 6) is -1.23. The number of nitriles is 1. The molecule has 0 aliphatic carbocycles. The predicted molar refractivity (Wildman–Crippen MR) is 70.9 cm³/mol. The zero-order chi connectivity index (χ0) is 13.7. The maximum absolute atomic E-state index is 10.8. The SMILES string of the molecule is N#C/C(=C\c1cccc(-c2ccncc2)c1)C(=O)O.